The van der Waals surface area contributed by atoms with Gasteiger partial charge < -0.3 is 33.2 Å². The third-order valence-corrected chi connectivity index (χ3v) is 9.75. The molecule has 6 rings (SSSR count). The molecule has 0 radical (unpaired) electrons. The summed E-state index contributed by atoms with van der Waals surface area (Å²) in [6, 6.07) is 28.5. The highest BCUT2D eigenvalue weighted by molar-refractivity contribution is 5.27. The van der Waals surface area contributed by atoms with Crippen LogP contribution in [0.5, 0.6) is 5.75 Å². The van der Waals surface area contributed by atoms with E-state index < -0.39 is 11.2 Å². The minimum absolute atomic E-state index is 0.0412. The summed E-state index contributed by atoms with van der Waals surface area (Å²) >= 11 is 0. The second-order valence-electron chi connectivity index (χ2n) is 13.2. The lowest BCUT2D eigenvalue weighted by Crippen LogP contribution is -2.70. The van der Waals surface area contributed by atoms with Gasteiger partial charge in [-0.15, -0.1) is 0 Å². The monoisotopic (exact) mass is 628 g/mol. The van der Waals surface area contributed by atoms with Gasteiger partial charge in [-0.05, 0) is 55.5 Å². The highest BCUT2D eigenvalue weighted by Gasteiger charge is 2.61. The minimum atomic E-state index is -0.650. The Hall–Kier alpha value is -3.20. The molecule has 246 valence electrons. The molecule has 3 heterocycles. The molecule has 0 aliphatic carbocycles. The molecule has 0 spiro atoms. The normalized spacial score (nSPS) is 30.6. The van der Waals surface area contributed by atoms with Crippen molar-refractivity contribution in [3.05, 3.63) is 114 Å². The van der Waals surface area contributed by atoms with Crippen LogP contribution in [0.25, 0.3) is 0 Å². The van der Waals surface area contributed by atoms with Gasteiger partial charge in [0, 0.05) is 25.9 Å². The van der Waals surface area contributed by atoms with Gasteiger partial charge in [0.1, 0.15) is 34.9 Å². The molecule has 0 aromatic heterocycles. The summed E-state index contributed by atoms with van der Waals surface area (Å²) < 4.78 is 44.8. The summed E-state index contributed by atoms with van der Waals surface area (Å²) in [6.45, 7) is 10.8. The van der Waals surface area contributed by atoms with Gasteiger partial charge in [0.15, 0.2) is 0 Å². The van der Waals surface area contributed by atoms with E-state index in [0.717, 1.165) is 36.1 Å². The highest BCUT2D eigenvalue weighted by Crippen LogP contribution is 2.50. The van der Waals surface area contributed by atoms with Crippen LogP contribution in [0.2, 0.25) is 0 Å². The number of hydrogen-bond donors (Lipinski definition) is 0. The molecule has 0 unspecified atom stereocenters. The van der Waals surface area contributed by atoms with Crippen LogP contribution in [0.1, 0.15) is 62.6 Å². The number of fused-ring (bicyclic) bond motifs is 2. The van der Waals surface area contributed by atoms with E-state index >= 15 is 0 Å². The lowest BCUT2D eigenvalue weighted by atomic mass is 9.73. The van der Waals surface area contributed by atoms with Crippen LogP contribution in [-0.4, -0.2) is 55.4 Å². The Morgan fingerprint density at radius 1 is 0.783 bits per heavy atom. The topological polar surface area (TPSA) is 64.6 Å². The van der Waals surface area contributed by atoms with E-state index in [1.54, 1.807) is 7.11 Å². The molecule has 46 heavy (non-hydrogen) atoms. The molecule has 3 aliphatic heterocycles. The predicted molar refractivity (Wildman–Crippen MR) is 176 cm³/mol. The molecule has 3 aromatic rings. The van der Waals surface area contributed by atoms with Crippen molar-refractivity contribution >= 4 is 0 Å². The Bertz CT molecular complexity index is 1400. The maximum absolute atomic E-state index is 7.13. The zero-order valence-corrected chi connectivity index (χ0v) is 27.4. The van der Waals surface area contributed by atoms with Crippen molar-refractivity contribution in [3.8, 4) is 5.75 Å². The molecular formula is C39H48O7. The quantitative estimate of drug-likeness (QED) is 0.181. The Balaban J connectivity index is 1.11. The van der Waals surface area contributed by atoms with Crippen LogP contribution in [0, 0.1) is 0 Å². The highest BCUT2D eigenvalue weighted by atomic mass is 16.6. The SMILES string of the molecule is C=C1O[C@H]2C[C@H]3O[C@@H](CCCOCc4ccccc4)C[C@H](OCc4ccccc4)[C@]3(C)O[C@]2(C)C[C@@H]1OCc1ccc(OC)cc1. The molecule has 3 saturated heterocycles. The van der Waals surface area contributed by atoms with Crippen molar-refractivity contribution in [3.63, 3.8) is 0 Å². The van der Waals surface area contributed by atoms with Crippen molar-refractivity contribution in [2.45, 2.75) is 107 Å². The average Bonchev–Trinajstić information content (AvgIpc) is 3.07. The van der Waals surface area contributed by atoms with E-state index in [2.05, 4.69) is 44.7 Å². The molecule has 0 saturated carbocycles. The third-order valence-electron chi connectivity index (χ3n) is 9.75. The van der Waals surface area contributed by atoms with E-state index in [9.17, 15) is 0 Å². The first-order valence-electron chi connectivity index (χ1n) is 16.6. The molecular weight excluding hydrogens is 580 g/mol. The zero-order valence-electron chi connectivity index (χ0n) is 27.4. The first-order valence-corrected chi connectivity index (χ1v) is 16.6. The molecule has 3 fully saturated rings. The van der Waals surface area contributed by atoms with E-state index in [1.165, 1.54) is 5.56 Å². The summed E-state index contributed by atoms with van der Waals surface area (Å²) in [5, 5.41) is 0. The number of rotatable bonds is 13. The fourth-order valence-electron chi connectivity index (χ4n) is 7.06. The Labute approximate surface area is 273 Å². The van der Waals surface area contributed by atoms with Gasteiger partial charge in [0.25, 0.3) is 0 Å². The maximum atomic E-state index is 7.13. The van der Waals surface area contributed by atoms with Gasteiger partial charge in [0.05, 0.1) is 45.2 Å². The van der Waals surface area contributed by atoms with E-state index in [1.807, 2.05) is 60.7 Å². The summed E-state index contributed by atoms with van der Waals surface area (Å²) in [5.74, 6) is 1.46. The molecule has 7 atom stereocenters. The standard InChI is InChI=1S/C39H48O7/c1-28-34(42-26-31-17-19-32(40-4)20-18-31)24-38(2)35(44-28)23-37-39(3,46-38)36(43-27-30-14-9-6-10-15-30)22-33(45-37)16-11-21-41-25-29-12-7-5-8-13-29/h5-10,12-15,17-20,33-37H,1,11,16,21-27H2,2-4H3/t33-,34-,35-,36-,37+,38+,39-/m0/s1. The van der Waals surface area contributed by atoms with Crippen molar-refractivity contribution in [1.82, 2.24) is 0 Å². The van der Waals surface area contributed by atoms with Crippen LogP contribution >= 0.6 is 0 Å². The Morgan fingerprint density at radius 2 is 1.43 bits per heavy atom. The van der Waals surface area contributed by atoms with Crippen molar-refractivity contribution in [1.29, 1.82) is 0 Å². The van der Waals surface area contributed by atoms with Crippen molar-refractivity contribution in [2.75, 3.05) is 13.7 Å². The second-order valence-corrected chi connectivity index (χ2v) is 13.2. The smallest absolute Gasteiger partial charge is 0.130 e. The summed E-state index contributed by atoms with van der Waals surface area (Å²) in [4.78, 5) is 0. The zero-order chi connectivity index (χ0) is 32.0. The second kappa shape index (κ2) is 14.7. The maximum Gasteiger partial charge on any atom is 0.130 e. The lowest BCUT2D eigenvalue weighted by molar-refractivity contribution is -0.347. The number of hydrogen-bond acceptors (Lipinski definition) is 7. The fourth-order valence-corrected chi connectivity index (χ4v) is 7.06. The predicted octanol–water partition coefficient (Wildman–Crippen LogP) is 7.56. The van der Waals surface area contributed by atoms with Crippen LogP contribution in [-0.2, 0) is 48.2 Å². The van der Waals surface area contributed by atoms with Crippen LogP contribution in [0.3, 0.4) is 0 Å². The van der Waals surface area contributed by atoms with Crippen LogP contribution < -0.4 is 4.74 Å². The van der Waals surface area contributed by atoms with Gasteiger partial charge in [-0.1, -0.05) is 79.4 Å². The number of methoxy groups -OCH3 is 1. The van der Waals surface area contributed by atoms with E-state index in [-0.39, 0.29) is 30.5 Å². The average molecular weight is 629 g/mol. The number of ether oxygens (including phenoxy) is 7. The molecule has 0 amide bonds. The number of benzene rings is 3. The molecule has 0 N–H and O–H groups in total. The molecule has 7 heteroatoms. The molecule has 0 bridgehead atoms. The van der Waals surface area contributed by atoms with Gasteiger partial charge in [0.2, 0.25) is 0 Å². The van der Waals surface area contributed by atoms with E-state index in [0.29, 0.717) is 45.0 Å². The lowest BCUT2D eigenvalue weighted by Gasteiger charge is -2.60. The molecule has 7 nitrogen and oxygen atoms in total. The van der Waals surface area contributed by atoms with Crippen molar-refractivity contribution < 1.29 is 33.2 Å². The molecule has 3 aromatic carbocycles. The largest absolute Gasteiger partial charge is 0.497 e. The first-order chi connectivity index (χ1) is 22.3. The van der Waals surface area contributed by atoms with Crippen molar-refractivity contribution in [2.24, 2.45) is 0 Å². The fraction of sp³-hybridized carbons (Fsp3) is 0.487. The van der Waals surface area contributed by atoms with Crippen LogP contribution in [0.4, 0.5) is 0 Å². The Morgan fingerprint density at radius 3 is 2.13 bits per heavy atom. The van der Waals surface area contributed by atoms with Crippen LogP contribution in [0.15, 0.2) is 97.3 Å². The van der Waals surface area contributed by atoms with E-state index in [4.69, 9.17) is 33.2 Å². The first kappa shape index (κ1) is 32.7. The third kappa shape index (κ3) is 7.67. The van der Waals surface area contributed by atoms with Gasteiger partial charge >= 0.3 is 0 Å². The summed E-state index contributed by atoms with van der Waals surface area (Å²) in [6.07, 6.45) is 3.12. The summed E-state index contributed by atoms with van der Waals surface area (Å²) in [7, 11) is 1.67. The summed E-state index contributed by atoms with van der Waals surface area (Å²) in [5.41, 5.74) is 2.15. The van der Waals surface area contributed by atoms with Gasteiger partial charge in [-0.3, -0.25) is 0 Å². The minimum Gasteiger partial charge on any atom is -0.497 e. The van der Waals surface area contributed by atoms with Gasteiger partial charge in [-0.2, -0.15) is 0 Å². The van der Waals surface area contributed by atoms with Gasteiger partial charge in [-0.25, -0.2) is 0 Å². The molecule has 3 aliphatic rings. The Kier molecular flexibility index (Phi) is 10.5.